The van der Waals surface area contributed by atoms with Gasteiger partial charge in [-0.3, -0.25) is 9.59 Å². The fourth-order valence-electron chi connectivity index (χ4n) is 0.594. The lowest BCUT2D eigenvalue weighted by molar-refractivity contribution is -0.155. The van der Waals surface area contributed by atoms with Gasteiger partial charge in [0.05, 0.1) is 0 Å². The number of hydrogen-bond acceptors (Lipinski definition) is 4. The summed E-state index contributed by atoms with van der Waals surface area (Å²) in [7, 11) is 0. The maximum absolute atomic E-state index is 10.9. The van der Waals surface area contributed by atoms with Gasteiger partial charge in [-0.2, -0.15) is 0 Å². The molecule has 0 aromatic heterocycles. The minimum absolute atomic E-state index is 0.0802. The smallest absolute Gasteiger partial charge is 0.318 e. The lowest BCUT2D eigenvalue weighted by atomic mass is 10.4. The Labute approximate surface area is 82.9 Å². The second-order valence-electron chi connectivity index (χ2n) is 2.45. The first kappa shape index (κ1) is 12.2. The van der Waals surface area contributed by atoms with Crippen molar-refractivity contribution in [3.05, 3.63) is 12.7 Å². The third-order valence-electron chi connectivity index (χ3n) is 1.19. The highest BCUT2D eigenvalue weighted by molar-refractivity contribution is 5.91. The topological polar surface area (TPSA) is 52.6 Å². The molecule has 14 heavy (non-hydrogen) atoms. The van der Waals surface area contributed by atoms with Crippen molar-refractivity contribution >= 4 is 11.9 Å². The van der Waals surface area contributed by atoms with Crippen LogP contribution in [0.5, 0.6) is 0 Å². The molecule has 0 saturated carbocycles. The Hall–Kier alpha value is -1.76. The first-order chi connectivity index (χ1) is 6.60. The molecule has 1 unspecified atom stereocenters. The van der Waals surface area contributed by atoms with E-state index in [2.05, 4.69) is 22.0 Å². The van der Waals surface area contributed by atoms with E-state index >= 15 is 0 Å². The average molecular weight is 196 g/mol. The molecule has 0 amide bonds. The summed E-state index contributed by atoms with van der Waals surface area (Å²) < 4.78 is 9.22. The number of terminal acetylenes is 1. The summed E-state index contributed by atoms with van der Waals surface area (Å²) in [5.74, 6) is 0.857. The summed E-state index contributed by atoms with van der Waals surface area (Å²) in [6.07, 6.45) is 5.32. The third-order valence-corrected chi connectivity index (χ3v) is 1.19. The van der Waals surface area contributed by atoms with E-state index in [0.717, 1.165) is 0 Å². The van der Waals surface area contributed by atoms with Crippen molar-refractivity contribution < 1.29 is 19.1 Å². The number of rotatable bonds is 5. The molecule has 0 heterocycles. The van der Waals surface area contributed by atoms with E-state index in [-0.39, 0.29) is 6.61 Å². The van der Waals surface area contributed by atoms with E-state index in [1.165, 1.54) is 13.0 Å². The van der Waals surface area contributed by atoms with Crippen LogP contribution in [0.2, 0.25) is 0 Å². The molecule has 0 rings (SSSR count). The van der Waals surface area contributed by atoms with Gasteiger partial charge < -0.3 is 9.47 Å². The van der Waals surface area contributed by atoms with Crippen molar-refractivity contribution in [1.29, 1.82) is 0 Å². The van der Waals surface area contributed by atoms with Crippen LogP contribution in [0.1, 0.15) is 13.3 Å². The summed E-state index contributed by atoms with van der Waals surface area (Å²) in [6.45, 7) is 4.97. The van der Waals surface area contributed by atoms with Crippen LogP contribution in [0.25, 0.3) is 0 Å². The molecule has 0 aliphatic rings. The molecule has 0 spiro atoms. The Morgan fingerprint density at radius 1 is 1.57 bits per heavy atom. The fraction of sp³-hybridized carbons (Fsp3) is 0.400. The zero-order valence-electron chi connectivity index (χ0n) is 7.99. The molecule has 4 heteroatoms. The van der Waals surface area contributed by atoms with Crippen LogP contribution in [0.15, 0.2) is 12.7 Å². The van der Waals surface area contributed by atoms with E-state index < -0.39 is 24.5 Å². The van der Waals surface area contributed by atoms with Crippen molar-refractivity contribution in [2.75, 3.05) is 6.61 Å². The van der Waals surface area contributed by atoms with E-state index in [1.54, 1.807) is 0 Å². The summed E-state index contributed by atoms with van der Waals surface area (Å²) in [4.78, 5) is 21.8. The van der Waals surface area contributed by atoms with Crippen LogP contribution in [-0.4, -0.2) is 24.6 Å². The molecule has 0 aliphatic carbocycles. The zero-order valence-corrected chi connectivity index (χ0v) is 7.99. The third kappa shape index (κ3) is 5.84. The first-order valence-electron chi connectivity index (χ1n) is 4.02. The number of esters is 2. The van der Waals surface area contributed by atoms with Gasteiger partial charge in [-0.1, -0.05) is 18.6 Å². The summed E-state index contributed by atoms with van der Waals surface area (Å²) in [5, 5.41) is 0. The van der Waals surface area contributed by atoms with E-state index in [4.69, 9.17) is 6.42 Å². The van der Waals surface area contributed by atoms with Crippen LogP contribution in [0.4, 0.5) is 0 Å². The summed E-state index contributed by atoms with van der Waals surface area (Å²) in [6, 6.07) is 0. The fourth-order valence-corrected chi connectivity index (χ4v) is 0.594. The van der Waals surface area contributed by atoms with E-state index in [1.807, 2.05) is 0 Å². The highest BCUT2D eigenvalue weighted by Crippen LogP contribution is 1.95. The highest BCUT2D eigenvalue weighted by atomic mass is 16.6. The summed E-state index contributed by atoms with van der Waals surface area (Å²) in [5.41, 5.74) is 0. The second kappa shape index (κ2) is 6.72. The van der Waals surface area contributed by atoms with Crippen LogP contribution in [-0.2, 0) is 19.1 Å². The van der Waals surface area contributed by atoms with Crippen LogP contribution < -0.4 is 0 Å². The van der Waals surface area contributed by atoms with Gasteiger partial charge in [0.25, 0.3) is 0 Å². The molecular weight excluding hydrogens is 184 g/mol. The quantitative estimate of drug-likeness (QED) is 0.281. The number of ether oxygens (including phenoxy) is 2. The van der Waals surface area contributed by atoms with Gasteiger partial charge >= 0.3 is 11.9 Å². The molecular formula is C10H12O4. The van der Waals surface area contributed by atoms with Crippen LogP contribution in [0, 0.1) is 12.3 Å². The molecule has 76 valence electrons. The second-order valence-corrected chi connectivity index (χ2v) is 2.45. The molecule has 0 aromatic carbocycles. The van der Waals surface area contributed by atoms with Gasteiger partial charge in [-0.05, 0) is 6.92 Å². The average Bonchev–Trinajstić information content (AvgIpc) is 2.14. The molecule has 0 fully saturated rings. The lowest BCUT2D eigenvalue weighted by Gasteiger charge is -2.06. The monoisotopic (exact) mass is 196 g/mol. The molecule has 0 bridgehead atoms. The molecule has 0 radical (unpaired) electrons. The minimum Gasteiger partial charge on any atom is -0.461 e. The largest absolute Gasteiger partial charge is 0.461 e. The Balaban J connectivity index is 3.78. The van der Waals surface area contributed by atoms with Crippen molar-refractivity contribution in [2.24, 2.45) is 0 Å². The standard InChI is InChI=1S/C10H12O4/c1-4-6-13-9(11)7-10(12)14-8(3)5-2/h2,4,8H,1,6-7H2,3H3. The molecule has 4 nitrogen and oxygen atoms in total. The number of hydrogen-bond donors (Lipinski definition) is 0. The van der Waals surface area contributed by atoms with Crippen LogP contribution in [0.3, 0.4) is 0 Å². The minimum atomic E-state index is -0.690. The molecule has 0 saturated heterocycles. The Morgan fingerprint density at radius 2 is 2.21 bits per heavy atom. The normalized spacial score (nSPS) is 10.9. The van der Waals surface area contributed by atoms with Gasteiger partial charge in [0.1, 0.15) is 13.0 Å². The number of carbonyl (C=O) groups excluding carboxylic acids is 2. The van der Waals surface area contributed by atoms with Crippen molar-refractivity contribution in [1.82, 2.24) is 0 Å². The van der Waals surface area contributed by atoms with E-state index in [9.17, 15) is 9.59 Å². The van der Waals surface area contributed by atoms with Gasteiger partial charge in [0.15, 0.2) is 6.10 Å². The van der Waals surface area contributed by atoms with Gasteiger partial charge in [0.2, 0.25) is 0 Å². The molecule has 1 atom stereocenters. The maximum atomic E-state index is 10.9. The summed E-state index contributed by atoms with van der Waals surface area (Å²) >= 11 is 0. The highest BCUT2D eigenvalue weighted by Gasteiger charge is 2.13. The first-order valence-corrected chi connectivity index (χ1v) is 4.02. The van der Waals surface area contributed by atoms with Crippen molar-refractivity contribution in [3.8, 4) is 12.3 Å². The number of carbonyl (C=O) groups is 2. The lowest BCUT2D eigenvalue weighted by Crippen LogP contribution is -2.18. The predicted octanol–water partition coefficient (Wildman–Crippen LogP) is 0.671. The molecule has 0 aliphatic heterocycles. The van der Waals surface area contributed by atoms with Gasteiger partial charge in [-0.15, -0.1) is 6.42 Å². The van der Waals surface area contributed by atoms with Crippen LogP contribution >= 0.6 is 0 Å². The van der Waals surface area contributed by atoms with Crippen molar-refractivity contribution in [2.45, 2.75) is 19.4 Å². The Bertz CT molecular complexity index is 262. The SMILES string of the molecule is C#CC(C)OC(=O)CC(=O)OCC=C. The van der Waals surface area contributed by atoms with E-state index in [0.29, 0.717) is 0 Å². The maximum Gasteiger partial charge on any atom is 0.318 e. The van der Waals surface area contributed by atoms with Gasteiger partial charge in [-0.25, -0.2) is 0 Å². The zero-order chi connectivity index (χ0) is 11.0. The Morgan fingerprint density at radius 3 is 2.71 bits per heavy atom. The predicted molar refractivity (Wildman–Crippen MR) is 50.2 cm³/mol. The van der Waals surface area contributed by atoms with Gasteiger partial charge in [0, 0.05) is 0 Å². The molecule has 0 aromatic rings. The molecule has 0 N–H and O–H groups in total. The Kier molecular flexibility index (Phi) is 5.88. The van der Waals surface area contributed by atoms with Crippen molar-refractivity contribution in [3.63, 3.8) is 0 Å².